The summed E-state index contributed by atoms with van der Waals surface area (Å²) in [6.07, 6.45) is 8.68. The molecule has 1 amide bonds. The molecule has 4 rings (SSSR count). The van der Waals surface area contributed by atoms with Crippen LogP contribution in [-0.4, -0.2) is 46.7 Å². The van der Waals surface area contributed by atoms with E-state index in [9.17, 15) is 4.79 Å². The molecule has 2 saturated heterocycles. The van der Waals surface area contributed by atoms with Crippen LogP contribution >= 0.6 is 0 Å². The molecular formula is C21H29N3O2. The van der Waals surface area contributed by atoms with E-state index in [2.05, 4.69) is 33.5 Å². The molecule has 2 aliphatic heterocycles. The van der Waals surface area contributed by atoms with E-state index in [1.54, 1.807) is 0 Å². The molecule has 2 aliphatic rings. The normalized spacial score (nSPS) is 19.7. The van der Waals surface area contributed by atoms with E-state index in [1.165, 1.54) is 18.5 Å². The van der Waals surface area contributed by atoms with Gasteiger partial charge in [-0.15, -0.1) is 0 Å². The molecule has 2 aromatic rings. The van der Waals surface area contributed by atoms with Crippen molar-refractivity contribution in [1.82, 2.24) is 14.5 Å². The Morgan fingerprint density at radius 3 is 2.62 bits per heavy atom. The smallest absolute Gasteiger partial charge is 0.242 e. The summed E-state index contributed by atoms with van der Waals surface area (Å²) in [4.78, 5) is 19.7. The zero-order valence-corrected chi connectivity index (χ0v) is 15.7. The fourth-order valence-corrected chi connectivity index (χ4v) is 4.33. The lowest BCUT2D eigenvalue weighted by molar-refractivity contribution is -0.131. The van der Waals surface area contributed by atoms with Crippen LogP contribution in [0.5, 0.6) is 0 Å². The fraction of sp³-hybridized carbons (Fsp3) is 0.619. The summed E-state index contributed by atoms with van der Waals surface area (Å²) in [6, 6.07) is 4.43. The first-order chi connectivity index (χ1) is 12.7. The molecule has 4 heterocycles. The van der Waals surface area contributed by atoms with E-state index < -0.39 is 0 Å². The van der Waals surface area contributed by atoms with Crippen LogP contribution in [-0.2, 0) is 16.1 Å². The van der Waals surface area contributed by atoms with E-state index in [0.717, 1.165) is 68.6 Å². The van der Waals surface area contributed by atoms with Gasteiger partial charge in [0, 0.05) is 49.5 Å². The lowest BCUT2D eigenvalue weighted by Crippen LogP contribution is -2.35. The molecule has 0 radical (unpaired) electrons. The highest BCUT2D eigenvalue weighted by Crippen LogP contribution is 2.31. The molecule has 5 nitrogen and oxygen atoms in total. The Labute approximate surface area is 155 Å². The van der Waals surface area contributed by atoms with Crippen LogP contribution in [0.1, 0.15) is 55.7 Å². The molecule has 0 N–H and O–H groups in total. The summed E-state index contributed by atoms with van der Waals surface area (Å²) in [6.45, 7) is 5.89. The van der Waals surface area contributed by atoms with Crippen LogP contribution in [0.3, 0.4) is 0 Å². The maximum Gasteiger partial charge on any atom is 0.242 e. The first kappa shape index (κ1) is 17.5. The zero-order valence-electron chi connectivity index (χ0n) is 15.7. The Hall–Kier alpha value is -1.88. The highest BCUT2D eigenvalue weighted by atomic mass is 16.5. The second-order valence-corrected chi connectivity index (χ2v) is 7.76. The molecule has 0 unspecified atom stereocenters. The third-order valence-electron chi connectivity index (χ3n) is 5.79. The molecular weight excluding hydrogens is 326 g/mol. The summed E-state index contributed by atoms with van der Waals surface area (Å²) in [5.41, 5.74) is 3.36. The second-order valence-electron chi connectivity index (χ2n) is 7.76. The van der Waals surface area contributed by atoms with Gasteiger partial charge in [0.1, 0.15) is 12.2 Å². The molecule has 2 aromatic heterocycles. The largest absolute Gasteiger partial charge is 0.381 e. The Bertz CT molecular complexity index is 769. The molecule has 0 spiro atoms. The van der Waals surface area contributed by atoms with Gasteiger partial charge >= 0.3 is 0 Å². The molecule has 5 heteroatoms. The van der Waals surface area contributed by atoms with Crippen molar-refractivity contribution in [2.24, 2.45) is 0 Å². The molecule has 140 valence electrons. The third kappa shape index (κ3) is 3.63. The van der Waals surface area contributed by atoms with E-state index in [1.807, 2.05) is 6.20 Å². The number of amides is 1. The molecule has 0 saturated carbocycles. The number of ether oxygens (including phenoxy) is 1. The summed E-state index contributed by atoms with van der Waals surface area (Å²) in [5.74, 6) is 0.690. The van der Waals surface area contributed by atoms with Crippen molar-refractivity contribution in [3.8, 4) is 0 Å². The molecule has 26 heavy (non-hydrogen) atoms. The Morgan fingerprint density at radius 2 is 1.88 bits per heavy atom. The van der Waals surface area contributed by atoms with Crippen LogP contribution < -0.4 is 0 Å². The molecule has 0 bridgehead atoms. The van der Waals surface area contributed by atoms with Crippen LogP contribution in [0, 0.1) is 6.92 Å². The van der Waals surface area contributed by atoms with E-state index in [4.69, 9.17) is 4.74 Å². The van der Waals surface area contributed by atoms with Gasteiger partial charge in [-0.2, -0.15) is 0 Å². The second kappa shape index (κ2) is 7.78. The predicted molar refractivity (Wildman–Crippen MR) is 102 cm³/mol. The maximum atomic E-state index is 13.0. The van der Waals surface area contributed by atoms with Crippen molar-refractivity contribution in [1.29, 1.82) is 0 Å². The average Bonchev–Trinajstić information content (AvgIpc) is 2.84. The van der Waals surface area contributed by atoms with Gasteiger partial charge in [0.25, 0.3) is 0 Å². The van der Waals surface area contributed by atoms with Gasteiger partial charge in [-0.05, 0) is 50.3 Å². The standard InChI is InChI=1S/C21H29N3O2/c1-16-12-18-13-19(17-6-10-26-11-7-17)24(21(18)22-14-16)15-20(25)23-8-4-2-3-5-9-23/h12-14,17H,2-11,15H2,1H3. The number of hydrogen-bond donors (Lipinski definition) is 0. The van der Waals surface area contributed by atoms with E-state index in [0.29, 0.717) is 12.5 Å². The molecule has 0 aromatic carbocycles. The van der Waals surface area contributed by atoms with Gasteiger partial charge < -0.3 is 14.2 Å². The van der Waals surface area contributed by atoms with Crippen molar-refractivity contribution in [3.63, 3.8) is 0 Å². The number of fused-ring (bicyclic) bond motifs is 1. The first-order valence-electron chi connectivity index (χ1n) is 10.0. The number of pyridine rings is 1. The monoisotopic (exact) mass is 355 g/mol. The molecule has 2 fully saturated rings. The minimum absolute atomic E-state index is 0.236. The highest BCUT2D eigenvalue weighted by Gasteiger charge is 2.24. The van der Waals surface area contributed by atoms with Gasteiger partial charge in [0.15, 0.2) is 0 Å². The lowest BCUT2D eigenvalue weighted by Gasteiger charge is -2.25. The van der Waals surface area contributed by atoms with E-state index in [-0.39, 0.29) is 5.91 Å². The molecule has 0 aliphatic carbocycles. The van der Waals surface area contributed by atoms with Crippen LogP contribution in [0.4, 0.5) is 0 Å². The van der Waals surface area contributed by atoms with Crippen LogP contribution in [0.15, 0.2) is 18.3 Å². The summed E-state index contributed by atoms with van der Waals surface area (Å²) >= 11 is 0. The van der Waals surface area contributed by atoms with Gasteiger partial charge in [0.05, 0.1) is 0 Å². The highest BCUT2D eigenvalue weighted by molar-refractivity contribution is 5.82. The fourth-order valence-electron chi connectivity index (χ4n) is 4.33. The van der Waals surface area contributed by atoms with Crippen molar-refractivity contribution in [3.05, 3.63) is 29.6 Å². The number of aromatic nitrogens is 2. The summed E-state index contributed by atoms with van der Waals surface area (Å²) in [7, 11) is 0. The number of hydrogen-bond acceptors (Lipinski definition) is 3. The number of likely N-dealkylation sites (tertiary alicyclic amines) is 1. The number of rotatable bonds is 3. The minimum Gasteiger partial charge on any atom is -0.381 e. The lowest BCUT2D eigenvalue weighted by atomic mass is 9.96. The van der Waals surface area contributed by atoms with Gasteiger partial charge in [-0.3, -0.25) is 4.79 Å². The van der Waals surface area contributed by atoms with Crippen molar-refractivity contribution < 1.29 is 9.53 Å². The minimum atomic E-state index is 0.236. The third-order valence-corrected chi connectivity index (χ3v) is 5.79. The van der Waals surface area contributed by atoms with E-state index >= 15 is 0 Å². The topological polar surface area (TPSA) is 47.4 Å². The maximum absolute atomic E-state index is 13.0. The molecule has 0 atom stereocenters. The van der Waals surface area contributed by atoms with Gasteiger partial charge in [-0.1, -0.05) is 12.8 Å². The van der Waals surface area contributed by atoms with Gasteiger partial charge in [0.2, 0.25) is 5.91 Å². The number of carbonyl (C=O) groups excluding carboxylic acids is 1. The Morgan fingerprint density at radius 1 is 1.15 bits per heavy atom. The quantitative estimate of drug-likeness (QED) is 0.844. The zero-order chi connectivity index (χ0) is 17.9. The first-order valence-corrected chi connectivity index (χ1v) is 10.0. The number of nitrogens with zero attached hydrogens (tertiary/aromatic N) is 3. The summed E-state index contributed by atoms with van der Waals surface area (Å²) < 4.78 is 7.72. The number of aryl methyl sites for hydroxylation is 1. The predicted octanol–water partition coefficient (Wildman–Crippen LogP) is 3.64. The van der Waals surface area contributed by atoms with Crippen molar-refractivity contribution >= 4 is 16.9 Å². The van der Waals surface area contributed by atoms with Crippen LogP contribution in [0.25, 0.3) is 11.0 Å². The SMILES string of the molecule is Cc1cnc2c(c1)cc(C1CCOCC1)n2CC(=O)N1CCCCCC1. The Kier molecular flexibility index (Phi) is 5.25. The number of carbonyl (C=O) groups is 1. The average molecular weight is 355 g/mol. The van der Waals surface area contributed by atoms with Crippen molar-refractivity contribution in [2.45, 2.75) is 57.9 Å². The van der Waals surface area contributed by atoms with Crippen molar-refractivity contribution in [2.75, 3.05) is 26.3 Å². The Balaban J connectivity index is 1.66. The van der Waals surface area contributed by atoms with Gasteiger partial charge in [-0.25, -0.2) is 4.98 Å². The van der Waals surface area contributed by atoms with Crippen LogP contribution in [0.2, 0.25) is 0 Å². The summed E-state index contributed by atoms with van der Waals surface area (Å²) in [5, 5.41) is 1.15.